The summed E-state index contributed by atoms with van der Waals surface area (Å²) in [4.78, 5) is 7.86. The Morgan fingerprint density at radius 1 is 1.12 bits per heavy atom. The van der Waals surface area contributed by atoms with E-state index in [1.165, 1.54) is 17.0 Å². The molecule has 0 bridgehead atoms. The zero-order valence-electron chi connectivity index (χ0n) is 17.2. The highest BCUT2D eigenvalue weighted by molar-refractivity contribution is 7.80. The van der Waals surface area contributed by atoms with Crippen molar-refractivity contribution in [1.82, 2.24) is 20.4 Å². The molecule has 2 aromatic heterocycles. The van der Waals surface area contributed by atoms with E-state index in [4.69, 9.17) is 16.7 Å². The number of thiocarbonyl (C=S) groups is 1. The van der Waals surface area contributed by atoms with Crippen LogP contribution in [0.25, 0.3) is 17.0 Å². The van der Waals surface area contributed by atoms with Crippen LogP contribution in [-0.4, -0.2) is 20.2 Å². The monoisotopic (exact) mass is 462 g/mol. The average Bonchev–Trinajstić information content (AvgIpc) is 3.49. The molecule has 0 amide bonds. The molecule has 2 aromatic carbocycles. The first-order chi connectivity index (χ1) is 15.6. The van der Waals surface area contributed by atoms with Crippen molar-refractivity contribution in [3.05, 3.63) is 100.0 Å². The van der Waals surface area contributed by atoms with Crippen LogP contribution in [0.15, 0.2) is 82.3 Å². The van der Waals surface area contributed by atoms with Gasteiger partial charge in [-0.15, -0.1) is 11.3 Å². The predicted octanol–water partition coefficient (Wildman–Crippen LogP) is 5.80. The summed E-state index contributed by atoms with van der Waals surface area (Å²) in [5.41, 5.74) is 3.25. The van der Waals surface area contributed by atoms with Gasteiger partial charge in [0.05, 0.1) is 18.2 Å². The number of halogens is 1. The molecule has 0 fully saturated rings. The molecular formula is C24H19FN4OS2. The van der Waals surface area contributed by atoms with Crippen LogP contribution in [0.4, 0.5) is 4.39 Å². The number of nitrogens with one attached hydrogen (secondary N) is 1. The Bertz CT molecular complexity index is 1280. The van der Waals surface area contributed by atoms with Crippen LogP contribution in [0.5, 0.6) is 0 Å². The first-order valence-electron chi connectivity index (χ1n) is 10.1. The van der Waals surface area contributed by atoms with E-state index in [1.807, 2.05) is 59.7 Å². The van der Waals surface area contributed by atoms with Crippen molar-refractivity contribution in [2.75, 3.05) is 0 Å². The van der Waals surface area contributed by atoms with Gasteiger partial charge in [-0.05, 0) is 48.3 Å². The Hall–Kier alpha value is -3.36. The molecule has 8 heteroatoms. The first kappa shape index (κ1) is 20.5. The van der Waals surface area contributed by atoms with Gasteiger partial charge in [-0.2, -0.15) is 4.98 Å². The van der Waals surface area contributed by atoms with E-state index in [9.17, 15) is 4.39 Å². The highest BCUT2D eigenvalue weighted by atomic mass is 32.1. The molecule has 1 unspecified atom stereocenters. The third kappa shape index (κ3) is 3.94. The highest BCUT2D eigenvalue weighted by Crippen LogP contribution is 2.38. The molecule has 0 radical (unpaired) electrons. The molecular weight excluding hydrogens is 443 g/mol. The van der Waals surface area contributed by atoms with Gasteiger partial charge < -0.3 is 14.7 Å². The Morgan fingerprint density at radius 3 is 2.72 bits per heavy atom. The number of allylic oxidation sites excluding steroid dienone is 1. The highest BCUT2D eigenvalue weighted by Gasteiger charge is 2.34. The zero-order chi connectivity index (χ0) is 22.1. The molecule has 5 rings (SSSR count). The Balaban J connectivity index is 1.61. The van der Waals surface area contributed by atoms with Gasteiger partial charge >= 0.3 is 0 Å². The maximum atomic E-state index is 14.1. The number of rotatable bonds is 5. The molecule has 1 aliphatic heterocycles. The number of hydrogen-bond acceptors (Lipinski definition) is 5. The van der Waals surface area contributed by atoms with Crippen LogP contribution in [0, 0.1) is 5.82 Å². The van der Waals surface area contributed by atoms with Crippen LogP contribution >= 0.6 is 23.6 Å². The van der Waals surface area contributed by atoms with Crippen molar-refractivity contribution in [3.63, 3.8) is 0 Å². The lowest BCUT2D eigenvalue weighted by atomic mass is 9.94. The second-order valence-corrected chi connectivity index (χ2v) is 8.81. The van der Waals surface area contributed by atoms with Crippen LogP contribution in [0.1, 0.15) is 29.3 Å². The van der Waals surface area contributed by atoms with Crippen LogP contribution < -0.4 is 5.32 Å². The van der Waals surface area contributed by atoms with Gasteiger partial charge in [0, 0.05) is 16.1 Å². The molecule has 32 heavy (non-hydrogen) atoms. The summed E-state index contributed by atoms with van der Waals surface area (Å²) in [5.74, 6) is 0.558. The fourth-order valence-corrected chi connectivity index (χ4v) is 4.79. The van der Waals surface area contributed by atoms with E-state index in [-0.39, 0.29) is 5.82 Å². The molecule has 1 N–H and O–H groups in total. The minimum absolute atomic E-state index is 0.316. The Morgan fingerprint density at radius 2 is 1.97 bits per heavy atom. The molecule has 1 atom stereocenters. The van der Waals surface area contributed by atoms with E-state index in [2.05, 4.69) is 21.5 Å². The van der Waals surface area contributed by atoms with Crippen molar-refractivity contribution < 1.29 is 8.91 Å². The summed E-state index contributed by atoms with van der Waals surface area (Å²) in [7, 11) is 0. The lowest BCUT2D eigenvalue weighted by Crippen LogP contribution is -2.45. The lowest BCUT2D eigenvalue weighted by Gasteiger charge is -2.37. The van der Waals surface area contributed by atoms with Crippen LogP contribution in [0.3, 0.4) is 0 Å². The largest absolute Gasteiger partial charge is 0.351 e. The fraction of sp³-hybridized carbons (Fsp3) is 0.125. The van der Waals surface area contributed by atoms with Crippen molar-refractivity contribution in [2.45, 2.75) is 19.5 Å². The second kappa shape index (κ2) is 8.64. The van der Waals surface area contributed by atoms with Crippen molar-refractivity contribution in [3.8, 4) is 11.4 Å². The number of benzene rings is 2. The van der Waals surface area contributed by atoms with E-state index in [0.29, 0.717) is 23.4 Å². The summed E-state index contributed by atoms with van der Waals surface area (Å²) in [6.45, 7) is 2.60. The third-order valence-electron chi connectivity index (χ3n) is 5.36. The molecule has 0 saturated heterocycles. The van der Waals surface area contributed by atoms with E-state index >= 15 is 0 Å². The minimum Gasteiger partial charge on any atom is -0.351 e. The molecule has 1 aliphatic rings. The van der Waals surface area contributed by atoms with E-state index < -0.39 is 6.04 Å². The minimum atomic E-state index is -0.415. The zero-order valence-corrected chi connectivity index (χ0v) is 18.8. The summed E-state index contributed by atoms with van der Waals surface area (Å²) in [6.07, 6.45) is 0. The van der Waals surface area contributed by atoms with Crippen LogP contribution in [0.2, 0.25) is 0 Å². The fourth-order valence-electron chi connectivity index (χ4n) is 3.78. The van der Waals surface area contributed by atoms with Gasteiger partial charge in [0.2, 0.25) is 5.82 Å². The maximum absolute atomic E-state index is 14.1. The SMILES string of the molecule is CC1=C(c2nc(-c3ccccc3)no2)C(c2cccc(F)c2)NC(=S)N1Cc1cccs1. The predicted molar refractivity (Wildman–Crippen MR) is 127 cm³/mol. The van der Waals surface area contributed by atoms with E-state index in [1.54, 1.807) is 17.4 Å². The molecule has 0 saturated carbocycles. The van der Waals surface area contributed by atoms with Crippen molar-refractivity contribution in [1.29, 1.82) is 0 Å². The van der Waals surface area contributed by atoms with Gasteiger partial charge in [0.25, 0.3) is 5.89 Å². The summed E-state index contributed by atoms with van der Waals surface area (Å²) < 4.78 is 19.8. The molecule has 5 nitrogen and oxygen atoms in total. The van der Waals surface area contributed by atoms with Crippen molar-refractivity contribution >= 4 is 34.2 Å². The summed E-state index contributed by atoms with van der Waals surface area (Å²) in [5, 5.41) is 10.2. The van der Waals surface area contributed by atoms with Gasteiger partial charge in [-0.3, -0.25) is 0 Å². The second-order valence-electron chi connectivity index (χ2n) is 7.39. The maximum Gasteiger partial charge on any atom is 0.258 e. The number of aromatic nitrogens is 2. The summed E-state index contributed by atoms with van der Waals surface area (Å²) >= 11 is 7.36. The quantitative estimate of drug-likeness (QED) is 0.378. The number of thiophene rings is 1. The third-order valence-corrected chi connectivity index (χ3v) is 6.56. The molecule has 160 valence electrons. The number of nitrogens with zero attached hydrogens (tertiary/aromatic N) is 3. The number of hydrogen-bond donors (Lipinski definition) is 1. The lowest BCUT2D eigenvalue weighted by molar-refractivity contribution is 0.396. The first-order valence-corrected chi connectivity index (χ1v) is 11.3. The molecule has 0 spiro atoms. The Kier molecular flexibility index (Phi) is 5.55. The van der Waals surface area contributed by atoms with Gasteiger partial charge in [-0.25, -0.2) is 4.39 Å². The van der Waals surface area contributed by atoms with Gasteiger partial charge in [0.15, 0.2) is 5.11 Å². The van der Waals surface area contributed by atoms with Gasteiger partial charge in [0.1, 0.15) is 5.82 Å². The van der Waals surface area contributed by atoms with Gasteiger partial charge in [-0.1, -0.05) is 53.7 Å². The smallest absolute Gasteiger partial charge is 0.258 e. The average molecular weight is 463 g/mol. The normalized spacial score (nSPS) is 16.4. The van der Waals surface area contributed by atoms with E-state index in [0.717, 1.165) is 22.4 Å². The summed E-state index contributed by atoms with van der Waals surface area (Å²) in [6, 6.07) is 19.8. The standard InChI is InChI=1S/C24H19FN4OS2/c1-15-20(23-27-22(28-30-23)16-7-3-2-4-8-16)21(17-9-5-10-18(25)13-17)26-24(31)29(15)14-19-11-6-12-32-19/h2-13,21H,14H2,1H3,(H,26,31). The molecule has 4 aromatic rings. The van der Waals surface area contributed by atoms with Crippen molar-refractivity contribution in [2.24, 2.45) is 0 Å². The topological polar surface area (TPSA) is 54.2 Å². The molecule has 3 heterocycles. The Labute approximate surface area is 194 Å². The van der Waals surface area contributed by atoms with Crippen LogP contribution in [-0.2, 0) is 6.54 Å². The molecule has 0 aliphatic carbocycles.